The van der Waals surface area contributed by atoms with E-state index < -0.39 is 16.1 Å². The molecule has 1 aromatic rings. The molecule has 31 heavy (non-hydrogen) atoms. The lowest BCUT2D eigenvalue weighted by Crippen LogP contribution is -2.54. The number of hydrogen-bond acceptors (Lipinski definition) is 6. The molecular weight excluding hydrogens is 418 g/mol. The number of nitrogens with zero attached hydrogens (tertiary/aromatic N) is 3. The molecule has 0 spiro atoms. The van der Waals surface area contributed by atoms with Gasteiger partial charge in [0.1, 0.15) is 11.9 Å². The summed E-state index contributed by atoms with van der Waals surface area (Å²) in [5.41, 5.74) is 0.488. The van der Waals surface area contributed by atoms with E-state index in [0.29, 0.717) is 38.3 Å². The van der Waals surface area contributed by atoms with Gasteiger partial charge in [-0.05, 0) is 31.9 Å². The topological polar surface area (TPSA) is 111 Å². The van der Waals surface area contributed by atoms with Crippen LogP contribution in [0.5, 0.6) is 0 Å². The van der Waals surface area contributed by atoms with Crippen molar-refractivity contribution >= 4 is 27.7 Å². The molecule has 0 saturated carbocycles. The van der Waals surface area contributed by atoms with Crippen molar-refractivity contribution < 1.29 is 18.0 Å². The highest BCUT2D eigenvalue weighted by Gasteiger charge is 2.34. The molecule has 0 aliphatic carbocycles. The van der Waals surface area contributed by atoms with Gasteiger partial charge in [-0.1, -0.05) is 26.0 Å². The molecule has 1 saturated heterocycles. The maximum absolute atomic E-state index is 13.2. The number of fused-ring (bicyclic) bond motifs is 1. The van der Waals surface area contributed by atoms with Crippen LogP contribution in [-0.2, 0) is 19.6 Å². The summed E-state index contributed by atoms with van der Waals surface area (Å²) in [4.78, 5) is 33.7. The maximum atomic E-state index is 13.2. The second-order valence-electron chi connectivity index (χ2n) is 8.59. The van der Waals surface area contributed by atoms with E-state index in [1.54, 1.807) is 23.1 Å². The van der Waals surface area contributed by atoms with Crippen molar-refractivity contribution in [1.82, 2.24) is 19.8 Å². The van der Waals surface area contributed by atoms with Crippen LogP contribution >= 0.6 is 0 Å². The van der Waals surface area contributed by atoms with E-state index in [-0.39, 0.29) is 34.5 Å². The van der Waals surface area contributed by atoms with Crippen molar-refractivity contribution in [3.8, 4) is 0 Å². The minimum Gasteiger partial charge on any atom is -0.353 e. The zero-order valence-corrected chi connectivity index (χ0v) is 19.3. The van der Waals surface area contributed by atoms with Crippen LogP contribution in [0.15, 0.2) is 34.2 Å². The predicted molar refractivity (Wildman–Crippen MR) is 118 cm³/mol. The van der Waals surface area contributed by atoms with Crippen molar-refractivity contribution in [3.63, 3.8) is 0 Å². The van der Waals surface area contributed by atoms with Gasteiger partial charge in [0.15, 0.2) is 0 Å². The Morgan fingerprint density at radius 3 is 2.35 bits per heavy atom. The van der Waals surface area contributed by atoms with Crippen LogP contribution in [0.4, 0.5) is 0 Å². The monoisotopic (exact) mass is 449 g/mol. The van der Waals surface area contributed by atoms with E-state index in [2.05, 4.69) is 15.0 Å². The van der Waals surface area contributed by atoms with Gasteiger partial charge in [-0.3, -0.25) is 24.2 Å². The molecule has 2 aliphatic rings. The first-order chi connectivity index (χ1) is 14.6. The Bertz CT molecular complexity index is 966. The Morgan fingerprint density at radius 1 is 1.10 bits per heavy atom. The van der Waals surface area contributed by atoms with Gasteiger partial charge in [-0.15, -0.1) is 0 Å². The molecule has 0 aromatic heterocycles. The molecule has 3 rings (SSSR count). The standard InChI is InChI=1S/C21H31N5O4S/c1-14(2)19(23-20-16-7-5-6-8-17(16)31(29,30)24-20)21(28)26-11-9-25(10-12-26)13-18(27)22-15(3)4/h5-8,14-15,19H,9-13H2,1-4H3,(H,22,27)(H,23,24)/t19-/m0/s1. The second-order valence-corrected chi connectivity index (χ2v) is 10.2. The fourth-order valence-electron chi connectivity index (χ4n) is 3.74. The Balaban J connectivity index is 1.69. The zero-order valence-electron chi connectivity index (χ0n) is 18.5. The lowest BCUT2D eigenvalue weighted by Gasteiger charge is -2.36. The van der Waals surface area contributed by atoms with Crippen molar-refractivity contribution in [2.24, 2.45) is 10.9 Å². The summed E-state index contributed by atoms with van der Waals surface area (Å²) in [6.07, 6.45) is 0. The molecule has 10 heteroatoms. The molecule has 0 unspecified atom stereocenters. The van der Waals surface area contributed by atoms with Crippen LogP contribution in [-0.4, -0.2) is 80.7 Å². The van der Waals surface area contributed by atoms with Crippen LogP contribution in [0.3, 0.4) is 0 Å². The summed E-state index contributed by atoms with van der Waals surface area (Å²) in [5.74, 6) is -0.0375. The third-order valence-corrected chi connectivity index (χ3v) is 6.71. The Labute approximate surface area is 183 Å². The number of carbonyl (C=O) groups excluding carboxylic acids is 2. The van der Waals surface area contributed by atoms with Crippen LogP contribution in [0.25, 0.3) is 0 Å². The average molecular weight is 450 g/mol. The van der Waals surface area contributed by atoms with Crippen LogP contribution in [0.1, 0.15) is 33.3 Å². The predicted octanol–water partition coefficient (Wildman–Crippen LogP) is 0.419. The minimum atomic E-state index is -3.65. The Kier molecular flexibility index (Phi) is 7.00. The van der Waals surface area contributed by atoms with Crippen LogP contribution in [0.2, 0.25) is 0 Å². The molecule has 0 radical (unpaired) electrons. The summed E-state index contributed by atoms with van der Waals surface area (Å²) in [6.45, 7) is 10.2. The molecule has 2 aliphatic heterocycles. The molecule has 2 heterocycles. The number of piperazine rings is 1. The van der Waals surface area contributed by atoms with E-state index in [0.717, 1.165) is 0 Å². The number of aliphatic imine (C=N–C) groups is 1. The van der Waals surface area contributed by atoms with Gasteiger partial charge in [0.2, 0.25) is 11.8 Å². The number of hydrogen-bond donors (Lipinski definition) is 2. The third kappa shape index (κ3) is 5.43. The highest BCUT2D eigenvalue weighted by molar-refractivity contribution is 7.90. The van der Waals surface area contributed by atoms with E-state index >= 15 is 0 Å². The minimum absolute atomic E-state index is 0.0200. The Morgan fingerprint density at radius 2 is 1.74 bits per heavy atom. The van der Waals surface area contributed by atoms with Crippen LogP contribution < -0.4 is 10.0 Å². The SMILES string of the molecule is CC(C)NC(=O)CN1CCN(C(=O)[C@@H](N=C2NS(=O)(=O)c3ccccc32)C(C)C)CC1. The summed E-state index contributed by atoms with van der Waals surface area (Å²) < 4.78 is 27.2. The van der Waals surface area contributed by atoms with Gasteiger partial charge in [-0.2, -0.15) is 0 Å². The highest BCUT2D eigenvalue weighted by Crippen LogP contribution is 2.24. The van der Waals surface area contributed by atoms with Gasteiger partial charge in [0, 0.05) is 37.8 Å². The fourth-order valence-corrected chi connectivity index (χ4v) is 4.98. The fraction of sp³-hybridized carbons (Fsp3) is 0.571. The number of rotatable bonds is 6. The molecule has 1 atom stereocenters. The summed E-state index contributed by atoms with van der Waals surface area (Å²) in [5, 5.41) is 2.88. The number of benzene rings is 1. The molecule has 9 nitrogen and oxygen atoms in total. The lowest BCUT2D eigenvalue weighted by atomic mass is 10.0. The normalized spacial score (nSPS) is 20.6. The van der Waals surface area contributed by atoms with Crippen molar-refractivity contribution in [2.75, 3.05) is 32.7 Å². The van der Waals surface area contributed by atoms with Gasteiger partial charge in [0.25, 0.3) is 10.0 Å². The lowest BCUT2D eigenvalue weighted by molar-refractivity contribution is -0.135. The smallest absolute Gasteiger partial charge is 0.263 e. The summed E-state index contributed by atoms with van der Waals surface area (Å²) in [6, 6.07) is 6.03. The first kappa shape index (κ1) is 23.2. The van der Waals surface area contributed by atoms with Gasteiger partial charge < -0.3 is 10.2 Å². The largest absolute Gasteiger partial charge is 0.353 e. The quantitative estimate of drug-likeness (QED) is 0.654. The maximum Gasteiger partial charge on any atom is 0.263 e. The van der Waals surface area contributed by atoms with E-state index in [1.165, 1.54) is 6.07 Å². The van der Waals surface area contributed by atoms with Crippen molar-refractivity contribution in [3.05, 3.63) is 29.8 Å². The summed E-state index contributed by atoms with van der Waals surface area (Å²) in [7, 11) is -3.65. The second kappa shape index (κ2) is 9.35. The Hall–Kier alpha value is -2.46. The van der Waals surface area contributed by atoms with Gasteiger partial charge in [-0.25, -0.2) is 8.42 Å². The van der Waals surface area contributed by atoms with Crippen LogP contribution in [0, 0.1) is 5.92 Å². The van der Waals surface area contributed by atoms with Crippen molar-refractivity contribution in [2.45, 2.75) is 44.7 Å². The van der Waals surface area contributed by atoms with Gasteiger partial charge >= 0.3 is 0 Å². The molecule has 170 valence electrons. The third-order valence-electron chi connectivity index (χ3n) is 5.32. The number of amides is 2. The van der Waals surface area contributed by atoms with E-state index in [9.17, 15) is 18.0 Å². The average Bonchev–Trinajstić information content (AvgIpc) is 2.96. The molecule has 1 aromatic carbocycles. The molecule has 1 fully saturated rings. The van der Waals surface area contributed by atoms with E-state index in [1.807, 2.05) is 32.6 Å². The van der Waals surface area contributed by atoms with Gasteiger partial charge in [0.05, 0.1) is 11.4 Å². The number of amidine groups is 1. The summed E-state index contributed by atoms with van der Waals surface area (Å²) >= 11 is 0. The van der Waals surface area contributed by atoms with E-state index in [4.69, 9.17) is 0 Å². The van der Waals surface area contributed by atoms with Crippen molar-refractivity contribution in [1.29, 1.82) is 0 Å². The molecule has 2 N–H and O–H groups in total. The number of carbonyl (C=O) groups is 2. The number of nitrogens with one attached hydrogen (secondary N) is 2. The molecule has 2 amide bonds. The molecule has 0 bridgehead atoms. The highest BCUT2D eigenvalue weighted by atomic mass is 32.2. The zero-order chi connectivity index (χ0) is 22.8. The molecular formula is C21H31N5O4S. The first-order valence-corrected chi connectivity index (χ1v) is 12.1. The first-order valence-electron chi connectivity index (χ1n) is 10.6. The number of sulfonamides is 1.